The van der Waals surface area contributed by atoms with Crippen LogP contribution < -0.4 is 9.72 Å². The summed E-state index contributed by atoms with van der Waals surface area (Å²) in [5.74, 6) is 1.44. The molecule has 1 aromatic rings. The molecule has 1 fully saturated rings. The molecule has 28 heavy (non-hydrogen) atoms. The molecule has 1 aliphatic heterocycles. The van der Waals surface area contributed by atoms with Crippen LogP contribution in [-0.2, 0) is 19.0 Å². The minimum atomic E-state index is -0.296. The number of para-hydroxylation sites is 1. The summed E-state index contributed by atoms with van der Waals surface area (Å²) in [6.45, 7) is 1.41. The average molecular weight is 428 g/mol. The van der Waals surface area contributed by atoms with E-state index >= 15 is 0 Å². The Morgan fingerprint density at radius 3 is 3.00 bits per heavy atom. The molecule has 158 valence electrons. The van der Waals surface area contributed by atoms with Crippen LogP contribution in [0.1, 0.15) is 32.1 Å². The van der Waals surface area contributed by atoms with E-state index in [-0.39, 0.29) is 40.6 Å². The molecule has 1 N–H and O–H groups in total. The normalized spacial score (nSPS) is 19.7. The van der Waals surface area contributed by atoms with Gasteiger partial charge in [-0.3, -0.25) is 4.79 Å². The third-order valence-corrected chi connectivity index (χ3v) is 7.03. The Labute approximate surface area is 174 Å². The molecule has 1 saturated heterocycles. The predicted octanol–water partition coefficient (Wildman–Crippen LogP) is 2.71. The Morgan fingerprint density at radius 1 is 1.32 bits per heavy atom. The van der Waals surface area contributed by atoms with E-state index in [1.54, 1.807) is 7.11 Å². The first-order valence-electron chi connectivity index (χ1n) is 10.1. The highest BCUT2D eigenvalue weighted by Gasteiger charge is 2.14. The first-order chi connectivity index (χ1) is 13.8. The standard InChI is InChI=1S/C20H33NO5SSi/c1-23-20(26-16-25-18-9-6-14-28-21-12-11-18)10-5-13-27-19(22)15-24-17-7-3-2-4-8-17/h2-4,7-8,18,20-21H,5-6,9-16,28H2,1H3. The summed E-state index contributed by atoms with van der Waals surface area (Å²) in [5.41, 5.74) is 0. The van der Waals surface area contributed by atoms with Crippen LogP contribution in [0.4, 0.5) is 0 Å². The number of rotatable bonds is 12. The topological polar surface area (TPSA) is 66.0 Å². The Hall–Kier alpha value is -0.903. The van der Waals surface area contributed by atoms with E-state index < -0.39 is 0 Å². The minimum Gasteiger partial charge on any atom is -0.485 e. The number of ether oxygens (including phenoxy) is 4. The van der Waals surface area contributed by atoms with Gasteiger partial charge in [0.05, 0.1) is 15.8 Å². The van der Waals surface area contributed by atoms with Gasteiger partial charge in [0.15, 0.2) is 12.9 Å². The summed E-state index contributed by atoms with van der Waals surface area (Å²) in [7, 11) is 1.61. The monoisotopic (exact) mass is 427 g/mol. The van der Waals surface area contributed by atoms with Gasteiger partial charge in [-0.25, -0.2) is 0 Å². The maximum atomic E-state index is 11.9. The number of nitrogens with one attached hydrogen (secondary N) is 1. The van der Waals surface area contributed by atoms with E-state index in [9.17, 15) is 4.79 Å². The highest BCUT2D eigenvalue weighted by molar-refractivity contribution is 8.13. The second-order valence-corrected chi connectivity index (χ2v) is 9.60. The van der Waals surface area contributed by atoms with Gasteiger partial charge in [0.2, 0.25) is 5.12 Å². The number of hydrogen-bond acceptors (Lipinski definition) is 7. The summed E-state index contributed by atoms with van der Waals surface area (Å²) in [4.78, 5) is 15.4. The molecule has 0 spiro atoms. The molecule has 2 rings (SSSR count). The maximum absolute atomic E-state index is 11.9. The zero-order valence-corrected chi connectivity index (χ0v) is 19.0. The van der Waals surface area contributed by atoms with E-state index in [0.717, 1.165) is 38.0 Å². The van der Waals surface area contributed by atoms with Crippen molar-refractivity contribution < 1.29 is 23.7 Å². The number of methoxy groups -OCH3 is 1. The van der Waals surface area contributed by atoms with Crippen molar-refractivity contribution in [3.8, 4) is 5.75 Å². The number of hydrogen-bond donors (Lipinski definition) is 1. The van der Waals surface area contributed by atoms with Crippen LogP contribution in [0.25, 0.3) is 0 Å². The molecular formula is C20H33NO5SSi. The lowest BCUT2D eigenvalue weighted by atomic mass is 10.1. The van der Waals surface area contributed by atoms with E-state index in [1.165, 1.54) is 24.2 Å². The zero-order valence-electron chi connectivity index (χ0n) is 16.8. The highest BCUT2D eigenvalue weighted by Crippen LogP contribution is 2.14. The van der Waals surface area contributed by atoms with Crippen molar-refractivity contribution in [2.45, 2.75) is 50.5 Å². The SMILES string of the molecule is COC(CCCSC(=O)COc1ccccc1)OCOC1CCC[SiH2]NCC1. The third-order valence-electron chi connectivity index (χ3n) is 4.54. The van der Waals surface area contributed by atoms with Crippen LogP contribution in [0.2, 0.25) is 6.04 Å². The van der Waals surface area contributed by atoms with Gasteiger partial charge in [-0.2, -0.15) is 0 Å². The quantitative estimate of drug-likeness (QED) is 0.312. The number of benzene rings is 1. The van der Waals surface area contributed by atoms with Crippen molar-refractivity contribution >= 4 is 26.6 Å². The van der Waals surface area contributed by atoms with Crippen molar-refractivity contribution in [3.05, 3.63) is 30.3 Å². The van der Waals surface area contributed by atoms with Gasteiger partial charge < -0.3 is 23.9 Å². The van der Waals surface area contributed by atoms with Gasteiger partial charge in [0.25, 0.3) is 0 Å². The summed E-state index contributed by atoms with van der Waals surface area (Å²) in [5, 5.41) is 0.0306. The summed E-state index contributed by atoms with van der Waals surface area (Å²) < 4.78 is 22.4. The molecule has 1 heterocycles. The van der Waals surface area contributed by atoms with E-state index in [0.29, 0.717) is 5.75 Å². The van der Waals surface area contributed by atoms with Crippen molar-refractivity contribution in [2.24, 2.45) is 0 Å². The molecule has 2 atom stereocenters. The molecule has 0 amide bonds. The molecule has 2 unspecified atom stereocenters. The maximum Gasteiger partial charge on any atom is 0.226 e. The molecule has 1 aromatic carbocycles. The van der Waals surface area contributed by atoms with Gasteiger partial charge in [0, 0.05) is 12.9 Å². The molecule has 0 aromatic heterocycles. The zero-order chi connectivity index (χ0) is 19.9. The first kappa shape index (κ1) is 23.4. The van der Waals surface area contributed by atoms with Crippen LogP contribution in [0, 0.1) is 0 Å². The van der Waals surface area contributed by atoms with Crippen LogP contribution in [-0.4, -0.2) is 60.0 Å². The van der Waals surface area contributed by atoms with Crippen molar-refractivity contribution in [2.75, 3.05) is 32.8 Å². The van der Waals surface area contributed by atoms with Gasteiger partial charge in [-0.15, -0.1) is 0 Å². The van der Waals surface area contributed by atoms with Crippen LogP contribution in [0.3, 0.4) is 0 Å². The molecular weight excluding hydrogens is 394 g/mol. The molecule has 6 nitrogen and oxygen atoms in total. The van der Waals surface area contributed by atoms with Crippen LogP contribution >= 0.6 is 11.8 Å². The van der Waals surface area contributed by atoms with Crippen molar-refractivity contribution in [1.82, 2.24) is 4.98 Å². The summed E-state index contributed by atoms with van der Waals surface area (Å²) >= 11 is 1.29. The second-order valence-electron chi connectivity index (χ2n) is 6.74. The fraction of sp³-hybridized carbons (Fsp3) is 0.650. The number of carbonyl (C=O) groups is 1. The van der Waals surface area contributed by atoms with Crippen LogP contribution in [0.15, 0.2) is 30.3 Å². The molecule has 1 aliphatic rings. The van der Waals surface area contributed by atoms with E-state index in [4.69, 9.17) is 18.9 Å². The molecule has 0 saturated carbocycles. The number of carbonyl (C=O) groups excluding carboxylic acids is 1. The summed E-state index contributed by atoms with van der Waals surface area (Å²) in [6.07, 6.45) is 4.97. The molecule has 8 heteroatoms. The van der Waals surface area contributed by atoms with E-state index in [1.807, 2.05) is 30.3 Å². The predicted molar refractivity (Wildman–Crippen MR) is 115 cm³/mol. The third kappa shape index (κ3) is 10.6. The first-order valence-corrected chi connectivity index (χ1v) is 12.8. The molecule has 0 radical (unpaired) electrons. The minimum absolute atomic E-state index is 0.0306. The second kappa shape index (κ2) is 15.0. The van der Waals surface area contributed by atoms with Crippen LogP contribution in [0.5, 0.6) is 5.75 Å². The lowest BCUT2D eigenvalue weighted by Gasteiger charge is -2.22. The van der Waals surface area contributed by atoms with Crippen molar-refractivity contribution in [1.29, 1.82) is 0 Å². The molecule has 0 aliphatic carbocycles. The Balaban J connectivity index is 1.50. The Bertz CT molecular complexity index is 529. The van der Waals surface area contributed by atoms with Gasteiger partial charge in [-0.05, 0) is 50.4 Å². The van der Waals surface area contributed by atoms with Crippen molar-refractivity contribution in [3.63, 3.8) is 0 Å². The van der Waals surface area contributed by atoms with Gasteiger partial charge in [0.1, 0.15) is 12.5 Å². The van der Waals surface area contributed by atoms with Gasteiger partial charge in [-0.1, -0.05) is 36.4 Å². The van der Waals surface area contributed by atoms with E-state index in [2.05, 4.69) is 4.98 Å². The Morgan fingerprint density at radius 2 is 2.18 bits per heavy atom. The molecule has 0 bridgehead atoms. The smallest absolute Gasteiger partial charge is 0.226 e. The fourth-order valence-electron chi connectivity index (χ4n) is 2.94. The average Bonchev–Trinajstić information content (AvgIpc) is 2.70. The van der Waals surface area contributed by atoms with Gasteiger partial charge >= 0.3 is 0 Å². The fourth-order valence-corrected chi connectivity index (χ4v) is 4.86. The highest BCUT2D eigenvalue weighted by atomic mass is 32.2. The number of thioether (sulfide) groups is 1. The Kier molecular flexibility index (Phi) is 12.5. The lowest BCUT2D eigenvalue weighted by Crippen LogP contribution is -2.29. The largest absolute Gasteiger partial charge is 0.485 e. The summed E-state index contributed by atoms with van der Waals surface area (Å²) in [6, 6.07) is 10.7. The lowest BCUT2D eigenvalue weighted by molar-refractivity contribution is -0.199.